The Labute approximate surface area is 96.5 Å². The minimum Gasteiger partial charge on any atom is -0.137 e. The third-order valence-corrected chi connectivity index (χ3v) is 3.93. The van der Waals surface area contributed by atoms with Crippen LogP contribution in [0.4, 0.5) is 0 Å². The highest BCUT2D eigenvalue weighted by Crippen LogP contribution is 2.15. The normalized spacial score (nSPS) is 8.83. The van der Waals surface area contributed by atoms with Gasteiger partial charge in [-0.1, -0.05) is 12.1 Å². The lowest BCUT2D eigenvalue weighted by Gasteiger charge is -1.62. The van der Waals surface area contributed by atoms with Crippen LogP contribution in [0.3, 0.4) is 0 Å². The third kappa shape index (κ3) is 4.40. The summed E-state index contributed by atoms with van der Waals surface area (Å²) in [6, 6.07) is 8.05. The van der Waals surface area contributed by atoms with Gasteiger partial charge in [-0.15, -0.1) is 22.7 Å². The molecule has 4 heteroatoms. The predicted molar refractivity (Wildman–Crippen MR) is 64.0 cm³/mol. The predicted octanol–water partition coefficient (Wildman–Crippen LogP) is 5.02. The first-order valence-corrected chi connectivity index (χ1v) is 6.51. The van der Waals surface area contributed by atoms with Crippen LogP contribution >= 0.6 is 54.5 Å². The van der Waals surface area contributed by atoms with Crippen LogP contribution in [-0.2, 0) is 0 Å². The van der Waals surface area contributed by atoms with Crippen molar-refractivity contribution < 1.29 is 0 Å². The van der Waals surface area contributed by atoms with Crippen LogP contribution in [0, 0.1) is 0 Å². The Morgan fingerprint density at radius 2 is 1.25 bits per heavy atom. The molecule has 0 bridgehead atoms. The van der Waals surface area contributed by atoms with Crippen molar-refractivity contribution >= 4 is 54.5 Å². The van der Waals surface area contributed by atoms with Gasteiger partial charge in [-0.3, -0.25) is 0 Å². The standard InChI is InChI=1S/2C4H3BrS/c2*5-4-2-1-3-6-4/h2*1-3H. The first-order valence-electron chi connectivity index (χ1n) is 3.17. The van der Waals surface area contributed by atoms with Crippen LogP contribution in [0.1, 0.15) is 0 Å². The zero-order chi connectivity index (χ0) is 8.81. The van der Waals surface area contributed by atoms with Gasteiger partial charge in [-0.05, 0) is 54.8 Å². The highest BCUT2D eigenvalue weighted by Gasteiger charge is 1.77. The Kier molecular flexibility index (Phi) is 5.14. The molecule has 12 heavy (non-hydrogen) atoms. The van der Waals surface area contributed by atoms with E-state index in [9.17, 15) is 0 Å². The number of halogens is 2. The van der Waals surface area contributed by atoms with Gasteiger partial charge in [0.1, 0.15) is 0 Å². The smallest absolute Gasteiger partial charge is 0.0698 e. The summed E-state index contributed by atoms with van der Waals surface area (Å²) < 4.78 is 2.39. The van der Waals surface area contributed by atoms with Crippen LogP contribution in [0.5, 0.6) is 0 Å². The molecule has 2 aromatic rings. The number of thiophene rings is 2. The van der Waals surface area contributed by atoms with Gasteiger partial charge in [-0.2, -0.15) is 0 Å². The first-order chi connectivity index (χ1) is 5.79. The Bertz CT molecular complexity index is 254. The van der Waals surface area contributed by atoms with Gasteiger partial charge in [0.25, 0.3) is 0 Å². The van der Waals surface area contributed by atoms with E-state index in [1.165, 1.54) is 7.57 Å². The van der Waals surface area contributed by atoms with E-state index in [0.717, 1.165) is 0 Å². The molecule has 0 aliphatic heterocycles. The Morgan fingerprint density at radius 1 is 0.833 bits per heavy atom. The maximum atomic E-state index is 3.30. The molecule has 0 radical (unpaired) electrons. The Hall–Kier alpha value is 0.360. The molecular weight excluding hydrogens is 320 g/mol. The lowest BCUT2D eigenvalue weighted by molar-refractivity contribution is 1.97. The second-order valence-corrected chi connectivity index (χ2v) is 6.49. The highest BCUT2D eigenvalue weighted by atomic mass is 79.9. The largest absolute Gasteiger partial charge is 0.137 e. The van der Waals surface area contributed by atoms with Crippen LogP contribution in [0.2, 0.25) is 0 Å². The van der Waals surface area contributed by atoms with Gasteiger partial charge in [-0.25, -0.2) is 0 Å². The summed E-state index contributed by atoms with van der Waals surface area (Å²) >= 11 is 9.99. The van der Waals surface area contributed by atoms with E-state index in [1.54, 1.807) is 22.7 Å². The lowest BCUT2D eigenvalue weighted by Crippen LogP contribution is -1.29. The lowest BCUT2D eigenvalue weighted by atomic mass is 10.7. The fourth-order valence-electron chi connectivity index (χ4n) is 0.517. The van der Waals surface area contributed by atoms with Crippen LogP contribution < -0.4 is 0 Å². The number of hydrogen-bond acceptors (Lipinski definition) is 2. The summed E-state index contributed by atoms with van der Waals surface area (Å²) in [5, 5.41) is 4.06. The average Bonchev–Trinajstić information content (AvgIpc) is 2.63. The molecule has 0 saturated carbocycles. The highest BCUT2D eigenvalue weighted by molar-refractivity contribution is 9.11. The molecule has 0 fully saturated rings. The summed E-state index contributed by atoms with van der Waals surface area (Å²) in [5.74, 6) is 0. The molecular formula is C8H6Br2S2. The molecule has 0 spiro atoms. The second kappa shape index (κ2) is 5.91. The van der Waals surface area contributed by atoms with Gasteiger partial charge in [0.15, 0.2) is 0 Å². The van der Waals surface area contributed by atoms with Gasteiger partial charge in [0.05, 0.1) is 7.57 Å². The molecule has 0 aliphatic rings. The molecule has 0 unspecified atom stereocenters. The maximum absolute atomic E-state index is 3.30. The van der Waals surface area contributed by atoms with Crippen molar-refractivity contribution in [1.82, 2.24) is 0 Å². The van der Waals surface area contributed by atoms with Crippen molar-refractivity contribution in [3.8, 4) is 0 Å². The molecule has 0 saturated heterocycles. The topological polar surface area (TPSA) is 0 Å². The fraction of sp³-hybridized carbons (Fsp3) is 0. The van der Waals surface area contributed by atoms with Crippen molar-refractivity contribution in [2.45, 2.75) is 0 Å². The maximum Gasteiger partial charge on any atom is 0.0698 e. The van der Waals surface area contributed by atoms with Gasteiger partial charge >= 0.3 is 0 Å². The molecule has 0 aromatic carbocycles. The monoisotopic (exact) mass is 324 g/mol. The third-order valence-electron chi connectivity index (χ3n) is 0.973. The molecule has 2 heterocycles. The summed E-state index contributed by atoms with van der Waals surface area (Å²) in [5.41, 5.74) is 0. The minimum absolute atomic E-state index is 1.20. The molecule has 2 aromatic heterocycles. The van der Waals surface area contributed by atoms with Crippen LogP contribution in [0.25, 0.3) is 0 Å². The molecule has 0 atom stereocenters. The van der Waals surface area contributed by atoms with Gasteiger partial charge < -0.3 is 0 Å². The van der Waals surface area contributed by atoms with E-state index in [4.69, 9.17) is 0 Å². The summed E-state index contributed by atoms with van der Waals surface area (Å²) in [4.78, 5) is 0. The second-order valence-electron chi connectivity index (χ2n) is 1.83. The van der Waals surface area contributed by atoms with E-state index < -0.39 is 0 Å². The van der Waals surface area contributed by atoms with Gasteiger partial charge in [0, 0.05) is 0 Å². The summed E-state index contributed by atoms with van der Waals surface area (Å²) in [6.07, 6.45) is 0. The molecule has 2 rings (SSSR count). The summed E-state index contributed by atoms with van der Waals surface area (Å²) in [6.45, 7) is 0. The average molecular weight is 326 g/mol. The molecule has 0 amide bonds. The Balaban J connectivity index is 0.000000120. The first kappa shape index (κ1) is 10.4. The SMILES string of the molecule is Brc1cccs1.Brc1cccs1. The fourth-order valence-corrected chi connectivity index (χ4v) is 2.36. The van der Waals surface area contributed by atoms with Crippen molar-refractivity contribution in [2.24, 2.45) is 0 Å². The van der Waals surface area contributed by atoms with Crippen LogP contribution in [0.15, 0.2) is 42.6 Å². The van der Waals surface area contributed by atoms with Crippen molar-refractivity contribution in [2.75, 3.05) is 0 Å². The van der Waals surface area contributed by atoms with E-state index in [0.29, 0.717) is 0 Å². The van der Waals surface area contributed by atoms with E-state index in [1.807, 2.05) is 35.0 Å². The van der Waals surface area contributed by atoms with E-state index in [-0.39, 0.29) is 0 Å². The van der Waals surface area contributed by atoms with Gasteiger partial charge in [0.2, 0.25) is 0 Å². The zero-order valence-corrected chi connectivity index (χ0v) is 10.8. The summed E-state index contributed by atoms with van der Waals surface area (Å²) in [7, 11) is 0. The Morgan fingerprint density at radius 3 is 1.33 bits per heavy atom. The van der Waals surface area contributed by atoms with Crippen molar-refractivity contribution in [1.29, 1.82) is 0 Å². The molecule has 0 nitrogen and oxygen atoms in total. The van der Waals surface area contributed by atoms with Crippen molar-refractivity contribution in [3.63, 3.8) is 0 Å². The molecule has 0 aliphatic carbocycles. The van der Waals surface area contributed by atoms with Crippen molar-refractivity contribution in [3.05, 3.63) is 42.6 Å². The van der Waals surface area contributed by atoms with Crippen LogP contribution in [-0.4, -0.2) is 0 Å². The molecule has 64 valence electrons. The number of hydrogen-bond donors (Lipinski definition) is 0. The van der Waals surface area contributed by atoms with E-state index in [2.05, 4.69) is 31.9 Å². The van der Waals surface area contributed by atoms with E-state index >= 15 is 0 Å². The molecule has 0 N–H and O–H groups in total. The minimum atomic E-state index is 1.20. The number of rotatable bonds is 0. The quantitative estimate of drug-likeness (QED) is 0.638. The zero-order valence-electron chi connectivity index (χ0n) is 6.04.